The number of fused-ring (bicyclic) bond motifs is 6. The molecule has 0 atom stereocenters. The van der Waals surface area contributed by atoms with Gasteiger partial charge in [-0.05, 0) is 146 Å². The second-order valence-corrected chi connectivity index (χ2v) is 17.8. The summed E-state index contributed by atoms with van der Waals surface area (Å²) in [6.45, 7) is 4.71. The van der Waals surface area contributed by atoms with Gasteiger partial charge in [0.2, 0.25) is 0 Å². The molecule has 12 rings (SSSR count). The number of rotatable bonds is 8. The maximum absolute atomic E-state index is 2.41. The SMILES string of the molecule is CC1(C)c2ccccc2-c2ccc(N(c3ccc(-c4ccccc4)cc3)c3ccc(-c4cccc(-c5cccc(-c6ccc7c(c6)c6ccccc6n7-c6ccccc6)c5)c4)cc3)cc21. The van der Waals surface area contributed by atoms with Gasteiger partial charge in [0.25, 0.3) is 0 Å². The molecule has 0 saturated carbocycles. The number of benzene rings is 10. The molecule has 0 aliphatic heterocycles. The summed E-state index contributed by atoms with van der Waals surface area (Å²) in [5.74, 6) is 0. The van der Waals surface area contributed by atoms with Gasteiger partial charge in [0.1, 0.15) is 0 Å². The Kier molecular flexibility index (Phi) is 9.21. The molecule has 0 saturated heterocycles. The summed E-state index contributed by atoms with van der Waals surface area (Å²) in [4.78, 5) is 2.40. The van der Waals surface area contributed by atoms with E-state index in [4.69, 9.17) is 0 Å². The molecule has 1 aliphatic rings. The van der Waals surface area contributed by atoms with Crippen LogP contribution in [-0.4, -0.2) is 4.57 Å². The first-order valence-electron chi connectivity index (χ1n) is 22.6. The predicted octanol–water partition coefficient (Wildman–Crippen LogP) is 17.2. The summed E-state index contributed by atoms with van der Waals surface area (Å²) >= 11 is 0. The van der Waals surface area contributed by atoms with Gasteiger partial charge < -0.3 is 9.47 Å². The third kappa shape index (κ3) is 6.65. The number of anilines is 3. The highest BCUT2D eigenvalue weighted by atomic mass is 15.1. The Bertz CT molecular complexity index is 3540. The zero-order valence-electron chi connectivity index (χ0n) is 36.5. The molecular weight excluding hydrogens is 785 g/mol. The molecule has 0 N–H and O–H groups in total. The van der Waals surface area contributed by atoms with Gasteiger partial charge in [-0.1, -0.05) is 178 Å². The molecule has 1 aliphatic carbocycles. The van der Waals surface area contributed by atoms with Crippen molar-refractivity contribution >= 4 is 38.9 Å². The molecule has 0 amide bonds. The highest BCUT2D eigenvalue weighted by Gasteiger charge is 2.35. The van der Waals surface area contributed by atoms with Gasteiger partial charge in [-0.25, -0.2) is 0 Å². The molecule has 65 heavy (non-hydrogen) atoms. The Balaban J connectivity index is 0.880. The molecule has 2 heteroatoms. The summed E-state index contributed by atoms with van der Waals surface area (Å²) in [5.41, 5.74) is 21.8. The molecule has 0 fully saturated rings. The first kappa shape index (κ1) is 38.5. The van der Waals surface area contributed by atoms with E-state index in [-0.39, 0.29) is 5.41 Å². The fourth-order valence-electron chi connectivity index (χ4n) is 10.3. The highest BCUT2D eigenvalue weighted by molar-refractivity contribution is 6.10. The van der Waals surface area contributed by atoms with Crippen molar-refractivity contribution in [1.29, 1.82) is 0 Å². The van der Waals surface area contributed by atoms with Crippen LogP contribution in [0.15, 0.2) is 243 Å². The van der Waals surface area contributed by atoms with E-state index in [9.17, 15) is 0 Å². The molecule has 0 bridgehead atoms. The topological polar surface area (TPSA) is 8.17 Å². The van der Waals surface area contributed by atoms with E-state index in [1.54, 1.807) is 0 Å². The molecule has 2 nitrogen and oxygen atoms in total. The molecule has 1 aromatic heterocycles. The third-order valence-electron chi connectivity index (χ3n) is 13.6. The molecule has 308 valence electrons. The maximum Gasteiger partial charge on any atom is 0.0541 e. The van der Waals surface area contributed by atoms with Crippen LogP contribution >= 0.6 is 0 Å². The lowest BCUT2D eigenvalue weighted by molar-refractivity contribution is 0.660. The van der Waals surface area contributed by atoms with E-state index in [1.807, 2.05) is 0 Å². The minimum Gasteiger partial charge on any atom is -0.310 e. The largest absolute Gasteiger partial charge is 0.310 e. The average molecular weight is 831 g/mol. The van der Waals surface area contributed by atoms with E-state index in [1.165, 1.54) is 94.3 Å². The van der Waals surface area contributed by atoms with E-state index in [0.29, 0.717) is 0 Å². The monoisotopic (exact) mass is 830 g/mol. The van der Waals surface area contributed by atoms with Crippen LogP contribution in [0.1, 0.15) is 25.0 Å². The lowest BCUT2D eigenvalue weighted by atomic mass is 9.82. The van der Waals surface area contributed by atoms with Crippen LogP contribution in [0.4, 0.5) is 17.1 Å². The van der Waals surface area contributed by atoms with Crippen molar-refractivity contribution in [3.05, 3.63) is 254 Å². The number of para-hydroxylation sites is 2. The molecule has 0 unspecified atom stereocenters. The van der Waals surface area contributed by atoms with Crippen LogP contribution in [0.3, 0.4) is 0 Å². The first-order chi connectivity index (χ1) is 32.0. The first-order valence-corrected chi connectivity index (χ1v) is 22.6. The molecule has 10 aromatic carbocycles. The van der Waals surface area contributed by atoms with Crippen molar-refractivity contribution in [3.63, 3.8) is 0 Å². The van der Waals surface area contributed by atoms with Gasteiger partial charge in [0.05, 0.1) is 11.0 Å². The number of nitrogens with zero attached hydrogens (tertiary/aromatic N) is 2. The van der Waals surface area contributed by atoms with Crippen molar-refractivity contribution < 1.29 is 0 Å². The summed E-state index contributed by atoms with van der Waals surface area (Å²) in [5, 5.41) is 2.51. The summed E-state index contributed by atoms with van der Waals surface area (Å²) in [6, 6.07) is 88.7. The summed E-state index contributed by atoms with van der Waals surface area (Å²) < 4.78 is 2.37. The predicted molar refractivity (Wildman–Crippen MR) is 275 cm³/mol. The van der Waals surface area contributed by atoms with Gasteiger partial charge in [-0.2, -0.15) is 0 Å². The van der Waals surface area contributed by atoms with E-state index >= 15 is 0 Å². The van der Waals surface area contributed by atoms with Crippen molar-refractivity contribution in [3.8, 4) is 61.3 Å². The van der Waals surface area contributed by atoms with E-state index in [2.05, 4.69) is 266 Å². The molecule has 11 aromatic rings. The van der Waals surface area contributed by atoms with Crippen molar-refractivity contribution in [2.45, 2.75) is 19.3 Å². The molecule has 1 heterocycles. The Morgan fingerprint density at radius 3 is 1.45 bits per heavy atom. The normalized spacial score (nSPS) is 12.6. The maximum atomic E-state index is 2.41. The Hall–Kier alpha value is -8.20. The fourth-order valence-corrected chi connectivity index (χ4v) is 10.3. The van der Waals surface area contributed by atoms with Crippen LogP contribution in [-0.2, 0) is 5.41 Å². The zero-order chi connectivity index (χ0) is 43.5. The van der Waals surface area contributed by atoms with Gasteiger partial charge in [0, 0.05) is 38.9 Å². The second-order valence-electron chi connectivity index (χ2n) is 17.8. The fraction of sp³-hybridized carbons (Fsp3) is 0.0476. The number of hydrogen-bond donors (Lipinski definition) is 0. The average Bonchev–Trinajstić information content (AvgIpc) is 3.82. The smallest absolute Gasteiger partial charge is 0.0541 e. The Labute approximate surface area is 381 Å². The van der Waals surface area contributed by atoms with Crippen molar-refractivity contribution in [2.75, 3.05) is 4.90 Å². The Morgan fingerprint density at radius 2 is 0.769 bits per heavy atom. The minimum absolute atomic E-state index is 0.100. The summed E-state index contributed by atoms with van der Waals surface area (Å²) in [7, 11) is 0. The lowest BCUT2D eigenvalue weighted by Gasteiger charge is -2.28. The molecule has 0 radical (unpaired) electrons. The van der Waals surface area contributed by atoms with Gasteiger partial charge >= 0.3 is 0 Å². The lowest BCUT2D eigenvalue weighted by Crippen LogP contribution is -2.16. The standard InChI is InChI=1S/C63H46N2/c1-63(2)59-25-11-9-23-55(59)56-37-36-54(42-60(56)63)64(52-32-27-44(28-33-52)43-15-5-3-6-16-43)53-34-29-45(30-35-53)46-17-13-18-47(39-46)48-19-14-20-49(40-48)50-31-38-62-58(41-50)57-24-10-12-26-61(57)65(62)51-21-7-4-8-22-51/h3-42H,1-2H3. The van der Waals surface area contributed by atoms with Gasteiger partial charge in [-0.15, -0.1) is 0 Å². The molecule has 0 spiro atoms. The van der Waals surface area contributed by atoms with Crippen LogP contribution in [0, 0.1) is 0 Å². The van der Waals surface area contributed by atoms with Crippen LogP contribution in [0.5, 0.6) is 0 Å². The van der Waals surface area contributed by atoms with E-state index in [0.717, 1.165) is 17.1 Å². The second kappa shape index (κ2) is 15.6. The van der Waals surface area contributed by atoms with Crippen LogP contribution in [0.25, 0.3) is 83.1 Å². The zero-order valence-corrected chi connectivity index (χ0v) is 36.5. The Morgan fingerprint density at radius 1 is 0.308 bits per heavy atom. The quantitative estimate of drug-likeness (QED) is 0.148. The highest BCUT2D eigenvalue weighted by Crippen LogP contribution is 2.51. The number of hydrogen-bond acceptors (Lipinski definition) is 1. The van der Waals surface area contributed by atoms with Crippen molar-refractivity contribution in [1.82, 2.24) is 4.57 Å². The van der Waals surface area contributed by atoms with Crippen LogP contribution in [0.2, 0.25) is 0 Å². The van der Waals surface area contributed by atoms with Gasteiger partial charge in [-0.3, -0.25) is 0 Å². The third-order valence-corrected chi connectivity index (χ3v) is 13.6. The van der Waals surface area contributed by atoms with E-state index < -0.39 is 0 Å². The number of aromatic nitrogens is 1. The van der Waals surface area contributed by atoms with Gasteiger partial charge in [0.15, 0.2) is 0 Å². The minimum atomic E-state index is -0.100. The molecular formula is C63H46N2. The van der Waals surface area contributed by atoms with Crippen LogP contribution < -0.4 is 4.90 Å². The van der Waals surface area contributed by atoms with Crippen molar-refractivity contribution in [2.24, 2.45) is 0 Å². The summed E-state index contributed by atoms with van der Waals surface area (Å²) in [6.07, 6.45) is 0.